The van der Waals surface area contributed by atoms with E-state index in [1.54, 1.807) is 29.2 Å². The number of anilines is 1. The molecule has 11 heteroatoms. The lowest BCUT2D eigenvalue weighted by atomic mass is 9.79. The number of piperidine rings is 1. The number of imidazole rings is 1. The Kier molecular flexibility index (Phi) is 6.58. The molecule has 3 N–H and O–H groups in total. The van der Waals surface area contributed by atoms with E-state index in [0.29, 0.717) is 47.3 Å². The van der Waals surface area contributed by atoms with Crippen molar-refractivity contribution in [2.24, 2.45) is 5.73 Å². The molecule has 11 nitrogen and oxygen atoms in total. The van der Waals surface area contributed by atoms with E-state index in [1.165, 1.54) is 0 Å². The number of nitrogens with zero attached hydrogens (tertiary/aromatic N) is 7. The van der Waals surface area contributed by atoms with Gasteiger partial charge in [-0.3, -0.25) is 4.79 Å². The minimum Gasteiger partial charge on any atom is -0.428 e. The molecule has 4 heterocycles. The second-order valence-electron chi connectivity index (χ2n) is 11.1. The van der Waals surface area contributed by atoms with Crippen molar-refractivity contribution in [3.63, 3.8) is 0 Å². The first-order valence-electron chi connectivity index (χ1n) is 12.6. The number of benzene rings is 1. The molecule has 1 saturated heterocycles. The summed E-state index contributed by atoms with van der Waals surface area (Å²) in [7, 11) is 2.01. The molecule has 0 bridgehead atoms. The van der Waals surface area contributed by atoms with Gasteiger partial charge in [-0.05, 0) is 58.7 Å². The maximum atomic E-state index is 11.3. The van der Waals surface area contributed by atoms with Gasteiger partial charge >= 0.3 is 0 Å². The fourth-order valence-electron chi connectivity index (χ4n) is 5.58. The largest absolute Gasteiger partial charge is 0.428 e. The summed E-state index contributed by atoms with van der Waals surface area (Å²) in [6.45, 7) is 9.58. The molecular formula is C27H33N9O2. The Balaban J connectivity index is 1.44. The first-order chi connectivity index (χ1) is 18.1. The van der Waals surface area contributed by atoms with E-state index in [9.17, 15) is 4.79 Å². The fourth-order valence-corrected chi connectivity index (χ4v) is 5.58. The third-order valence-corrected chi connectivity index (χ3v) is 6.96. The highest BCUT2D eigenvalue weighted by molar-refractivity contribution is 5.75. The second-order valence-corrected chi connectivity index (χ2v) is 11.1. The van der Waals surface area contributed by atoms with Crippen molar-refractivity contribution in [2.75, 3.05) is 11.9 Å². The molecule has 0 aliphatic carbocycles. The molecule has 198 valence electrons. The Labute approximate surface area is 221 Å². The van der Waals surface area contributed by atoms with Crippen LogP contribution in [-0.4, -0.2) is 60.4 Å². The van der Waals surface area contributed by atoms with E-state index in [0.717, 1.165) is 24.0 Å². The Morgan fingerprint density at radius 3 is 2.55 bits per heavy atom. The van der Waals surface area contributed by atoms with Gasteiger partial charge in [-0.1, -0.05) is 6.07 Å². The minimum absolute atomic E-state index is 0.000963. The summed E-state index contributed by atoms with van der Waals surface area (Å²) in [4.78, 5) is 22.4. The molecule has 5 rings (SSSR count). The minimum atomic E-state index is -0.000963. The average molecular weight is 516 g/mol. The quantitative estimate of drug-likeness (QED) is 0.353. The molecule has 38 heavy (non-hydrogen) atoms. The Morgan fingerprint density at radius 1 is 1.13 bits per heavy atom. The molecule has 1 aliphatic heterocycles. The molecule has 1 aliphatic rings. The van der Waals surface area contributed by atoms with E-state index >= 15 is 0 Å². The standard InChI is InChI=1S/C27H33N9O2/c1-26(2)12-19(13-27(3,4)34-26)35(5)25-30-15-22(31-32-25)20-7-6-17(11-23(20)38-16-37)21-10-18(14-28)24-29-8-9-36(24)33-21/h6-11,15-16,19,34H,12-14,28H2,1-5H3. The Morgan fingerprint density at radius 2 is 1.89 bits per heavy atom. The fraction of sp³-hybridized carbons (Fsp3) is 0.407. The number of ether oxygens (including phenoxy) is 1. The van der Waals surface area contributed by atoms with Crippen LogP contribution in [-0.2, 0) is 11.3 Å². The highest BCUT2D eigenvalue weighted by Gasteiger charge is 2.39. The predicted molar refractivity (Wildman–Crippen MR) is 145 cm³/mol. The van der Waals surface area contributed by atoms with Gasteiger partial charge in [0.1, 0.15) is 11.4 Å². The van der Waals surface area contributed by atoms with Crippen molar-refractivity contribution >= 4 is 18.1 Å². The summed E-state index contributed by atoms with van der Waals surface area (Å²) < 4.78 is 7.02. The number of nitrogens with two attached hydrogens (primary N) is 1. The first-order valence-corrected chi connectivity index (χ1v) is 12.6. The van der Waals surface area contributed by atoms with Crippen LogP contribution in [0.25, 0.3) is 28.2 Å². The van der Waals surface area contributed by atoms with Crippen molar-refractivity contribution in [3.8, 4) is 28.3 Å². The lowest BCUT2D eigenvalue weighted by Crippen LogP contribution is -2.62. The van der Waals surface area contributed by atoms with Gasteiger partial charge in [-0.15, -0.1) is 10.2 Å². The number of fused-ring (bicyclic) bond motifs is 1. The van der Waals surface area contributed by atoms with Crippen molar-refractivity contribution < 1.29 is 9.53 Å². The van der Waals surface area contributed by atoms with Gasteiger partial charge in [0.05, 0.1) is 11.9 Å². The number of rotatable bonds is 7. The third-order valence-electron chi connectivity index (χ3n) is 6.96. The zero-order valence-electron chi connectivity index (χ0n) is 22.3. The molecule has 0 spiro atoms. The smallest absolute Gasteiger partial charge is 0.298 e. The highest BCUT2D eigenvalue weighted by Crippen LogP contribution is 2.34. The number of aromatic nitrogens is 6. The second kappa shape index (κ2) is 9.73. The van der Waals surface area contributed by atoms with Crippen LogP contribution in [0.5, 0.6) is 5.75 Å². The summed E-state index contributed by atoms with van der Waals surface area (Å²) in [5, 5.41) is 17.2. The Bertz CT molecular complexity index is 1450. The molecule has 1 fully saturated rings. The summed E-state index contributed by atoms with van der Waals surface area (Å²) >= 11 is 0. The number of nitrogens with one attached hydrogen (secondary N) is 1. The molecule has 0 amide bonds. The van der Waals surface area contributed by atoms with Crippen molar-refractivity contribution in [1.82, 2.24) is 35.1 Å². The average Bonchev–Trinajstić information content (AvgIpc) is 3.35. The molecule has 0 atom stereocenters. The molecular weight excluding hydrogens is 482 g/mol. The van der Waals surface area contributed by atoms with E-state index in [1.807, 2.05) is 25.2 Å². The van der Waals surface area contributed by atoms with Gasteiger partial charge < -0.3 is 20.7 Å². The van der Waals surface area contributed by atoms with Crippen LogP contribution in [0.3, 0.4) is 0 Å². The van der Waals surface area contributed by atoms with Gasteiger partial charge in [0.2, 0.25) is 5.95 Å². The van der Waals surface area contributed by atoms with Gasteiger partial charge in [-0.2, -0.15) is 5.10 Å². The molecule has 4 aromatic rings. The molecule has 3 aromatic heterocycles. The van der Waals surface area contributed by atoms with E-state index in [-0.39, 0.29) is 17.1 Å². The number of hydrogen-bond donors (Lipinski definition) is 2. The number of hydrogen-bond acceptors (Lipinski definition) is 10. The van der Waals surface area contributed by atoms with Crippen molar-refractivity contribution in [2.45, 2.75) is 64.2 Å². The van der Waals surface area contributed by atoms with E-state index < -0.39 is 0 Å². The molecule has 0 unspecified atom stereocenters. The van der Waals surface area contributed by atoms with Crippen molar-refractivity contribution in [1.29, 1.82) is 0 Å². The van der Waals surface area contributed by atoms with Crippen LogP contribution in [0.4, 0.5) is 5.95 Å². The van der Waals surface area contributed by atoms with Crippen LogP contribution < -0.4 is 20.7 Å². The number of carbonyl (C=O) groups is 1. The van der Waals surface area contributed by atoms with E-state index in [2.05, 4.69) is 63.2 Å². The SMILES string of the molecule is CN(c1ncc(-c2ccc(-c3cc(CN)c4nccn4n3)cc2OC=O)nn1)C1CC(C)(C)NC(C)(C)C1. The van der Waals surface area contributed by atoms with Crippen LogP contribution in [0.15, 0.2) is 42.9 Å². The van der Waals surface area contributed by atoms with Crippen molar-refractivity contribution in [3.05, 3.63) is 48.4 Å². The number of carbonyl (C=O) groups excluding carboxylic acids is 1. The molecule has 1 aromatic carbocycles. The van der Waals surface area contributed by atoms with Gasteiger partial charge in [0, 0.05) is 59.8 Å². The monoisotopic (exact) mass is 515 g/mol. The molecule has 0 radical (unpaired) electrons. The normalized spacial score (nSPS) is 16.9. The Hall–Kier alpha value is -3.96. The van der Waals surface area contributed by atoms with Gasteiger partial charge in [-0.25, -0.2) is 14.5 Å². The third kappa shape index (κ3) is 5.07. The van der Waals surface area contributed by atoms with Gasteiger partial charge in [0.15, 0.2) is 5.65 Å². The van der Waals surface area contributed by atoms with Crippen LogP contribution in [0.1, 0.15) is 46.1 Å². The first kappa shape index (κ1) is 25.7. The lowest BCUT2D eigenvalue weighted by Gasteiger charge is -2.48. The molecule has 0 saturated carbocycles. The van der Waals surface area contributed by atoms with E-state index in [4.69, 9.17) is 10.5 Å². The predicted octanol–water partition coefficient (Wildman–Crippen LogP) is 2.99. The zero-order valence-corrected chi connectivity index (χ0v) is 22.3. The van der Waals surface area contributed by atoms with Crippen LogP contribution >= 0.6 is 0 Å². The zero-order chi connectivity index (χ0) is 27.1. The van der Waals surface area contributed by atoms with Crippen LogP contribution in [0, 0.1) is 0 Å². The van der Waals surface area contributed by atoms with Crippen LogP contribution in [0.2, 0.25) is 0 Å². The van der Waals surface area contributed by atoms with Gasteiger partial charge in [0.25, 0.3) is 6.47 Å². The summed E-state index contributed by atoms with van der Waals surface area (Å²) in [6, 6.07) is 7.61. The topological polar surface area (TPSA) is 136 Å². The maximum Gasteiger partial charge on any atom is 0.298 e. The summed E-state index contributed by atoms with van der Waals surface area (Å²) in [5.74, 6) is 0.882. The summed E-state index contributed by atoms with van der Waals surface area (Å²) in [6.07, 6.45) is 7.02. The highest BCUT2D eigenvalue weighted by atomic mass is 16.5. The lowest BCUT2D eigenvalue weighted by molar-refractivity contribution is -0.120. The maximum absolute atomic E-state index is 11.3. The summed E-state index contributed by atoms with van der Waals surface area (Å²) in [5.41, 5.74) is 10.0.